The van der Waals surface area contributed by atoms with E-state index in [4.69, 9.17) is 4.74 Å². The SMILES string of the molecule is Cc1nc2ccc(-c3ccc4c(c3)CN(C(=O)c3ccc(Br)cc3F)CCO4)cc2[nH]1. The Labute approximate surface area is 187 Å². The van der Waals surface area contributed by atoms with Crippen molar-refractivity contribution in [3.8, 4) is 16.9 Å². The normalized spacial score (nSPS) is 13.6. The zero-order chi connectivity index (χ0) is 21.5. The molecular formula is C24H19BrFN3O2. The smallest absolute Gasteiger partial charge is 0.257 e. The molecule has 0 fully saturated rings. The first kappa shape index (κ1) is 19.8. The molecule has 1 aliphatic rings. The molecule has 1 N–H and O–H groups in total. The molecule has 3 aromatic carbocycles. The topological polar surface area (TPSA) is 58.2 Å². The summed E-state index contributed by atoms with van der Waals surface area (Å²) in [5, 5.41) is 0. The minimum Gasteiger partial charge on any atom is -0.491 e. The van der Waals surface area contributed by atoms with Crippen LogP contribution in [0.5, 0.6) is 5.75 Å². The Balaban J connectivity index is 1.47. The quantitative estimate of drug-likeness (QED) is 0.414. The second kappa shape index (κ2) is 7.81. The minimum atomic E-state index is -0.540. The van der Waals surface area contributed by atoms with Crippen LogP contribution >= 0.6 is 15.9 Å². The summed E-state index contributed by atoms with van der Waals surface area (Å²) in [7, 11) is 0. The number of hydrogen-bond acceptors (Lipinski definition) is 3. The number of fused-ring (bicyclic) bond motifs is 2. The lowest BCUT2D eigenvalue weighted by atomic mass is 10.0. The number of aromatic amines is 1. The van der Waals surface area contributed by atoms with Crippen molar-refractivity contribution < 1.29 is 13.9 Å². The van der Waals surface area contributed by atoms with Crippen LogP contribution in [0.4, 0.5) is 4.39 Å². The molecular weight excluding hydrogens is 461 g/mol. The standard InChI is InChI=1S/C24H19BrFN3O2/c1-14-27-21-6-2-16(11-22(21)28-14)15-3-7-23-17(10-15)13-29(8-9-31-23)24(30)19-5-4-18(25)12-20(19)26/h2-7,10-12H,8-9,13H2,1H3,(H,27,28). The van der Waals surface area contributed by atoms with Crippen molar-refractivity contribution in [2.24, 2.45) is 0 Å². The second-order valence-corrected chi connectivity index (χ2v) is 8.49. The van der Waals surface area contributed by atoms with Gasteiger partial charge in [0.15, 0.2) is 0 Å². The van der Waals surface area contributed by atoms with Crippen molar-refractivity contribution in [2.45, 2.75) is 13.5 Å². The van der Waals surface area contributed by atoms with Crippen molar-refractivity contribution in [1.82, 2.24) is 14.9 Å². The molecule has 0 spiro atoms. The second-order valence-electron chi connectivity index (χ2n) is 7.58. The van der Waals surface area contributed by atoms with Crippen LogP contribution in [0.25, 0.3) is 22.2 Å². The van der Waals surface area contributed by atoms with Crippen LogP contribution in [-0.4, -0.2) is 33.9 Å². The minimum absolute atomic E-state index is 0.0582. The van der Waals surface area contributed by atoms with Gasteiger partial charge in [-0.1, -0.05) is 28.1 Å². The molecule has 0 saturated carbocycles. The lowest BCUT2D eigenvalue weighted by molar-refractivity contribution is 0.0728. The highest BCUT2D eigenvalue weighted by atomic mass is 79.9. The fraction of sp³-hybridized carbons (Fsp3) is 0.167. The maximum atomic E-state index is 14.4. The van der Waals surface area contributed by atoms with Crippen molar-refractivity contribution >= 4 is 32.9 Å². The van der Waals surface area contributed by atoms with Crippen LogP contribution < -0.4 is 4.74 Å². The summed E-state index contributed by atoms with van der Waals surface area (Å²) >= 11 is 3.23. The summed E-state index contributed by atoms with van der Waals surface area (Å²) < 4.78 is 20.8. The largest absolute Gasteiger partial charge is 0.491 e. The first-order valence-electron chi connectivity index (χ1n) is 9.95. The summed E-state index contributed by atoms with van der Waals surface area (Å²) in [4.78, 5) is 22.3. The van der Waals surface area contributed by atoms with Gasteiger partial charge < -0.3 is 14.6 Å². The number of benzene rings is 3. The number of ether oxygens (including phenoxy) is 1. The number of nitrogens with one attached hydrogen (secondary N) is 1. The van der Waals surface area contributed by atoms with Gasteiger partial charge in [0.1, 0.15) is 24.0 Å². The molecule has 7 heteroatoms. The van der Waals surface area contributed by atoms with E-state index in [1.165, 1.54) is 12.1 Å². The van der Waals surface area contributed by atoms with E-state index in [1.807, 2.05) is 37.3 Å². The maximum Gasteiger partial charge on any atom is 0.257 e. The highest BCUT2D eigenvalue weighted by Crippen LogP contribution is 2.31. The van der Waals surface area contributed by atoms with E-state index >= 15 is 0 Å². The number of hydrogen-bond donors (Lipinski definition) is 1. The fourth-order valence-corrected chi connectivity index (χ4v) is 4.23. The highest BCUT2D eigenvalue weighted by Gasteiger charge is 2.23. The van der Waals surface area contributed by atoms with Crippen molar-refractivity contribution in [3.63, 3.8) is 0 Å². The Morgan fingerprint density at radius 1 is 1.13 bits per heavy atom. The number of halogens is 2. The first-order valence-corrected chi connectivity index (χ1v) is 10.7. The third kappa shape index (κ3) is 3.81. The molecule has 0 atom stereocenters. The van der Waals surface area contributed by atoms with Gasteiger partial charge in [-0.3, -0.25) is 4.79 Å². The first-order chi connectivity index (χ1) is 15.0. The summed E-state index contributed by atoms with van der Waals surface area (Å²) in [6.07, 6.45) is 0. The Bertz CT molecular complexity index is 1320. The van der Waals surface area contributed by atoms with Crippen molar-refractivity contribution in [2.75, 3.05) is 13.2 Å². The van der Waals surface area contributed by atoms with Crippen LogP contribution in [0.1, 0.15) is 21.7 Å². The lowest BCUT2D eigenvalue weighted by Crippen LogP contribution is -2.33. The molecule has 0 unspecified atom stereocenters. The van der Waals surface area contributed by atoms with Crippen LogP contribution in [0.2, 0.25) is 0 Å². The van der Waals surface area contributed by atoms with E-state index in [9.17, 15) is 9.18 Å². The number of rotatable bonds is 2. The summed E-state index contributed by atoms with van der Waals surface area (Å²) in [5.41, 5.74) is 4.90. The lowest BCUT2D eigenvalue weighted by Gasteiger charge is -2.20. The third-order valence-electron chi connectivity index (χ3n) is 5.42. The molecule has 4 aromatic rings. The highest BCUT2D eigenvalue weighted by molar-refractivity contribution is 9.10. The van der Waals surface area contributed by atoms with E-state index in [1.54, 1.807) is 11.0 Å². The van der Waals surface area contributed by atoms with Gasteiger partial charge in [-0.25, -0.2) is 9.37 Å². The molecule has 0 aliphatic carbocycles. The number of carbonyl (C=O) groups is 1. The molecule has 5 nitrogen and oxygen atoms in total. The monoisotopic (exact) mass is 479 g/mol. The van der Waals surface area contributed by atoms with Gasteiger partial charge in [0, 0.05) is 16.6 Å². The average Bonchev–Trinajstić information content (AvgIpc) is 2.98. The number of amides is 1. The summed E-state index contributed by atoms with van der Waals surface area (Å²) in [6, 6.07) is 16.5. The molecule has 5 rings (SSSR count). The van der Waals surface area contributed by atoms with Crippen LogP contribution in [-0.2, 0) is 6.54 Å². The molecule has 1 aromatic heterocycles. The third-order valence-corrected chi connectivity index (χ3v) is 5.92. The number of aromatic nitrogens is 2. The number of imidazole rings is 1. The fourth-order valence-electron chi connectivity index (χ4n) is 3.90. The zero-order valence-corrected chi connectivity index (χ0v) is 18.4. The summed E-state index contributed by atoms with van der Waals surface area (Å²) in [6.45, 7) is 3.02. The van der Waals surface area contributed by atoms with Crippen LogP contribution in [0.15, 0.2) is 59.1 Å². The molecule has 1 aliphatic heterocycles. The average molecular weight is 480 g/mol. The van der Waals surface area contributed by atoms with Gasteiger partial charge in [0.2, 0.25) is 0 Å². The van der Waals surface area contributed by atoms with Crippen LogP contribution in [0, 0.1) is 12.7 Å². The Kier molecular flexibility index (Phi) is 4.98. The van der Waals surface area contributed by atoms with Gasteiger partial charge in [0.05, 0.1) is 23.1 Å². The van der Waals surface area contributed by atoms with E-state index in [0.717, 1.165) is 39.3 Å². The van der Waals surface area contributed by atoms with Gasteiger partial charge in [-0.2, -0.15) is 0 Å². The predicted molar refractivity (Wildman–Crippen MR) is 121 cm³/mol. The molecule has 31 heavy (non-hydrogen) atoms. The maximum absolute atomic E-state index is 14.4. The molecule has 0 radical (unpaired) electrons. The zero-order valence-electron chi connectivity index (χ0n) is 16.8. The number of aryl methyl sites for hydroxylation is 1. The van der Waals surface area contributed by atoms with E-state index in [0.29, 0.717) is 24.2 Å². The molecule has 1 amide bonds. The molecule has 0 saturated heterocycles. The van der Waals surface area contributed by atoms with Crippen molar-refractivity contribution in [1.29, 1.82) is 0 Å². The Hall–Kier alpha value is -3.19. The number of nitrogens with zero attached hydrogens (tertiary/aromatic N) is 2. The molecule has 2 heterocycles. The van der Waals surface area contributed by atoms with Gasteiger partial charge in [-0.15, -0.1) is 0 Å². The summed E-state index contributed by atoms with van der Waals surface area (Å²) in [5.74, 6) is 0.730. The van der Waals surface area contributed by atoms with Gasteiger partial charge in [0.25, 0.3) is 5.91 Å². The molecule has 0 bridgehead atoms. The van der Waals surface area contributed by atoms with Gasteiger partial charge >= 0.3 is 0 Å². The molecule has 156 valence electrons. The van der Waals surface area contributed by atoms with Crippen molar-refractivity contribution in [3.05, 3.63) is 81.8 Å². The Morgan fingerprint density at radius 2 is 1.94 bits per heavy atom. The van der Waals surface area contributed by atoms with E-state index in [2.05, 4.69) is 32.0 Å². The predicted octanol–water partition coefficient (Wildman–Crippen LogP) is 5.47. The number of H-pyrrole nitrogens is 1. The van der Waals surface area contributed by atoms with Crippen LogP contribution in [0.3, 0.4) is 0 Å². The van der Waals surface area contributed by atoms with E-state index < -0.39 is 5.82 Å². The Morgan fingerprint density at radius 3 is 2.77 bits per heavy atom. The number of carbonyl (C=O) groups excluding carboxylic acids is 1. The van der Waals surface area contributed by atoms with E-state index in [-0.39, 0.29) is 11.5 Å². The van der Waals surface area contributed by atoms with Gasteiger partial charge in [-0.05, 0) is 60.5 Å².